The first kappa shape index (κ1) is 15.5. The topological polar surface area (TPSA) is 15.3 Å². The van der Waals surface area contributed by atoms with Gasteiger partial charge in [0.05, 0.1) is 0 Å². The van der Waals surface area contributed by atoms with Gasteiger partial charge in [0.15, 0.2) is 0 Å². The molecule has 2 atom stereocenters. The number of benzene rings is 1. The van der Waals surface area contributed by atoms with Gasteiger partial charge in [-0.15, -0.1) is 0 Å². The van der Waals surface area contributed by atoms with E-state index in [-0.39, 0.29) is 0 Å². The molecule has 0 spiro atoms. The Hall–Kier alpha value is -0.860. The van der Waals surface area contributed by atoms with Gasteiger partial charge >= 0.3 is 0 Å². The van der Waals surface area contributed by atoms with E-state index in [1.165, 1.54) is 29.7 Å². The van der Waals surface area contributed by atoms with Crippen molar-refractivity contribution in [1.29, 1.82) is 0 Å². The third-order valence-corrected chi connectivity index (χ3v) is 4.20. The van der Waals surface area contributed by atoms with Gasteiger partial charge in [0, 0.05) is 31.7 Å². The Morgan fingerprint density at radius 3 is 2.45 bits per heavy atom. The maximum Gasteiger partial charge on any atom is 0.0237 e. The largest absolute Gasteiger partial charge is 0.311 e. The van der Waals surface area contributed by atoms with E-state index < -0.39 is 0 Å². The summed E-state index contributed by atoms with van der Waals surface area (Å²) in [4.78, 5) is 2.64. The Morgan fingerprint density at radius 2 is 1.85 bits per heavy atom. The average molecular weight is 274 g/mol. The maximum absolute atomic E-state index is 3.70. The summed E-state index contributed by atoms with van der Waals surface area (Å²) in [6.07, 6.45) is 1.27. The molecule has 0 bridgehead atoms. The number of nitrogens with zero attached hydrogens (tertiary/aromatic N) is 1. The number of hydrogen-bond acceptors (Lipinski definition) is 2. The van der Waals surface area contributed by atoms with Gasteiger partial charge in [-0.1, -0.05) is 43.2 Å². The Kier molecular flexibility index (Phi) is 5.22. The molecular formula is C18H30N2. The van der Waals surface area contributed by atoms with Crippen molar-refractivity contribution in [1.82, 2.24) is 10.2 Å². The number of hydrogen-bond donors (Lipinski definition) is 1. The fourth-order valence-electron chi connectivity index (χ4n) is 3.34. The molecule has 0 amide bonds. The van der Waals surface area contributed by atoms with Crippen LogP contribution in [-0.2, 0) is 6.54 Å². The third-order valence-electron chi connectivity index (χ3n) is 4.20. The second kappa shape index (κ2) is 6.73. The minimum atomic E-state index is 0.624. The van der Waals surface area contributed by atoms with Crippen molar-refractivity contribution in [2.75, 3.05) is 13.1 Å². The summed E-state index contributed by atoms with van der Waals surface area (Å²) in [6.45, 7) is 14.7. The van der Waals surface area contributed by atoms with Gasteiger partial charge in [0.2, 0.25) is 0 Å². The maximum atomic E-state index is 3.70. The van der Waals surface area contributed by atoms with Crippen LogP contribution in [0.5, 0.6) is 0 Å². The molecule has 0 aliphatic carbocycles. The zero-order chi connectivity index (χ0) is 14.7. The van der Waals surface area contributed by atoms with E-state index in [1.807, 2.05) is 0 Å². The van der Waals surface area contributed by atoms with Crippen molar-refractivity contribution in [3.63, 3.8) is 0 Å². The van der Waals surface area contributed by atoms with Crippen molar-refractivity contribution in [3.05, 3.63) is 34.9 Å². The predicted molar refractivity (Wildman–Crippen MR) is 87.0 cm³/mol. The first-order valence-corrected chi connectivity index (χ1v) is 7.98. The molecule has 1 aliphatic rings. The standard InChI is InChI=1S/C18H30N2/c1-13(2)6-18-12-20(16(5)10-19-18)11-17-8-14(3)7-15(4)9-17/h7-9,13,16,18-19H,6,10-12H2,1-5H3. The molecule has 0 aromatic heterocycles. The Labute approximate surface area is 124 Å². The van der Waals surface area contributed by atoms with Crippen LogP contribution in [0, 0.1) is 19.8 Å². The van der Waals surface area contributed by atoms with Crippen molar-refractivity contribution >= 4 is 0 Å². The van der Waals surface area contributed by atoms with Crippen LogP contribution in [0.25, 0.3) is 0 Å². The van der Waals surface area contributed by atoms with Crippen molar-refractivity contribution < 1.29 is 0 Å². The molecule has 1 N–H and O–H groups in total. The molecule has 2 heteroatoms. The van der Waals surface area contributed by atoms with Crippen LogP contribution < -0.4 is 5.32 Å². The second-order valence-electron chi connectivity index (χ2n) is 7.01. The van der Waals surface area contributed by atoms with Crippen LogP contribution in [-0.4, -0.2) is 30.1 Å². The van der Waals surface area contributed by atoms with Crippen LogP contribution in [0.2, 0.25) is 0 Å². The van der Waals surface area contributed by atoms with Crippen LogP contribution in [0.3, 0.4) is 0 Å². The second-order valence-corrected chi connectivity index (χ2v) is 7.01. The van der Waals surface area contributed by atoms with E-state index in [9.17, 15) is 0 Å². The molecule has 1 fully saturated rings. The molecule has 2 rings (SSSR count). The molecule has 1 heterocycles. The van der Waals surface area contributed by atoms with Gasteiger partial charge in [-0.3, -0.25) is 4.90 Å². The summed E-state index contributed by atoms with van der Waals surface area (Å²) in [5, 5.41) is 3.70. The Bertz CT molecular complexity index is 419. The smallest absolute Gasteiger partial charge is 0.0237 e. The molecule has 1 aromatic carbocycles. The summed E-state index contributed by atoms with van der Waals surface area (Å²) in [5.74, 6) is 0.768. The van der Waals surface area contributed by atoms with Crippen molar-refractivity contribution in [3.8, 4) is 0 Å². The van der Waals surface area contributed by atoms with Gasteiger partial charge < -0.3 is 5.32 Å². The molecule has 0 saturated carbocycles. The summed E-state index contributed by atoms with van der Waals surface area (Å²) >= 11 is 0. The molecule has 1 aromatic rings. The normalized spacial score (nSPS) is 24.3. The molecule has 20 heavy (non-hydrogen) atoms. The van der Waals surface area contributed by atoms with Crippen LogP contribution in [0.1, 0.15) is 43.9 Å². The van der Waals surface area contributed by atoms with Gasteiger partial charge in [0.25, 0.3) is 0 Å². The molecular weight excluding hydrogens is 244 g/mol. The molecule has 1 saturated heterocycles. The molecule has 112 valence electrons. The Morgan fingerprint density at radius 1 is 1.20 bits per heavy atom. The summed E-state index contributed by atoms with van der Waals surface area (Å²) in [5.41, 5.74) is 4.21. The summed E-state index contributed by atoms with van der Waals surface area (Å²) < 4.78 is 0. The highest BCUT2D eigenvalue weighted by Crippen LogP contribution is 2.17. The average Bonchev–Trinajstić information content (AvgIpc) is 2.31. The lowest BCUT2D eigenvalue weighted by molar-refractivity contribution is 0.125. The fraction of sp³-hybridized carbons (Fsp3) is 0.667. The van der Waals surface area contributed by atoms with E-state index >= 15 is 0 Å². The number of piperazine rings is 1. The lowest BCUT2D eigenvalue weighted by atomic mass is 9.99. The number of aryl methyl sites for hydroxylation is 2. The molecule has 0 radical (unpaired) electrons. The van der Waals surface area contributed by atoms with E-state index in [0.29, 0.717) is 12.1 Å². The first-order chi connectivity index (χ1) is 9.44. The monoisotopic (exact) mass is 274 g/mol. The van der Waals surface area contributed by atoms with Crippen LogP contribution in [0.15, 0.2) is 18.2 Å². The highest BCUT2D eigenvalue weighted by Gasteiger charge is 2.25. The van der Waals surface area contributed by atoms with Gasteiger partial charge in [-0.05, 0) is 38.7 Å². The third kappa shape index (κ3) is 4.32. The van der Waals surface area contributed by atoms with Crippen molar-refractivity contribution in [2.24, 2.45) is 5.92 Å². The zero-order valence-corrected chi connectivity index (χ0v) is 13.7. The minimum absolute atomic E-state index is 0.624. The van der Waals surface area contributed by atoms with E-state index in [2.05, 4.69) is 63.0 Å². The lowest BCUT2D eigenvalue weighted by Gasteiger charge is -2.39. The van der Waals surface area contributed by atoms with Gasteiger partial charge in [-0.25, -0.2) is 0 Å². The summed E-state index contributed by atoms with van der Waals surface area (Å²) in [6, 6.07) is 8.20. The quantitative estimate of drug-likeness (QED) is 0.904. The SMILES string of the molecule is Cc1cc(C)cc(CN2CC(CC(C)C)NCC2C)c1. The van der Waals surface area contributed by atoms with Crippen LogP contribution >= 0.6 is 0 Å². The van der Waals surface area contributed by atoms with Crippen molar-refractivity contribution in [2.45, 2.75) is 59.7 Å². The van der Waals surface area contributed by atoms with Gasteiger partial charge in [-0.2, -0.15) is 0 Å². The highest BCUT2D eigenvalue weighted by atomic mass is 15.2. The number of nitrogens with one attached hydrogen (secondary N) is 1. The molecule has 1 aliphatic heterocycles. The molecule has 2 nitrogen and oxygen atoms in total. The van der Waals surface area contributed by atoms with Crippen LogP contribution in [0.4, 0.5) is 0 Å². The summed E-state index contributed by atoms with van der Waals surface area (Å²) in [7, 11) is 0. The van der Waals surface area contributed by atoms with Gasteiger partial charge in [0.1, 0.15) is 0 Å². The number of rotatable bonds is 4. The molecule has 2 unspecified atom stereocenters. The predicted octanol–water partition coefficient (Wildman–Crippen LogP) is 3.51. The zero-order valence-electron chi connectivity index (χ0n) is 13.7. The lowest BCUT2D eigenvalue weighted by Crippen LogP contribution is -2.55. The minimum Gasteiger partial charge on any atom is -0.311 e. The van der Waals surface area contributed by atoms with E-state index in [0.717, 1.165) is 19.0 Å². The highest BCUT2D eigenvalue weighted by molar-refractivity contribution is 5.28. The fourth-order valence-corrected chi connectivity index (χ4v) is 3.34. The van der Waals surface area contributed by atoms with E-state index in [4.69, 9.17) is 0 Å². The van der Waals surface area contributed by atoms with E-state index in [1.54, 1.807) is 0 Å². The first-order valence-electron chi connectivity index (χ1n) is 7.98. The Balaban J connectivity index is 2.02.